The van der Waals surface area contributed by atoms with E-state index in [1.165, 1.54) is 16.2 Å². The van der Waals surface area contributed by atoms with Crippen molar-refractivity contribution < 1.29 is 14.4 Å². The lowest BCUT2D eigenvalue weighted by molar-refractivity contribution is -0.126. The molecule has 1 fully saturated rings. The number of nitrogens with zero attached hydrogens (tertiary/aromatic N) is 2. The second kappa shape index (κ2) is 11.8. The lowest BCUT2D eigenvalue weighted by Gasteiger charge is -2.33. The summed E-state index contributed by atoms with van der Waals surface area (Å²) in [7, 11) is 0. The van der Waals surface area contributed by atoms with Crippen LogP contribution in [0.15, 0.2) is 66.3 Å². The molecule has 4 rings (SSSR count). The number of carbonyl (C=O) groups is 3. The Labute approximate surface area is 209 Å². The summed E-state index contributed by atoms with van der Waals surface area (Å²) in [5.74, 6) is -0.904. The summed E-state index contributed by atoms with van der Waals surface area (Å²) in [5.41, 5.74) is 2.27. The van der Waals surface area contributed by atoms with Crippen molar-refractivity contribution in [2.24, 2.45) is 0 Å². The quantitative estimate of drug-likeness (QED) is 0.469. The van der Waals surface area contributed by atoms with E-state index in [0.717, 1.165) is 31.2 Å². The Hall–Kier alpha value is -3.52. The van der Waals surface area contributed by atoms with E-state index in [1.54, 1.807) is 36.7 Å². The van der Waals surface area contributed by atoms with Crippen LogP contribution < -0.4 is 15.5 Å². The van der Waals surface area contributed by atoms with Crippen LogP contribution in [0, 0.1) is 0 Å². The Balaban J connectivity index is 1.70. The van der Waals surface area contributed by atoms with E-state index in [1.807, 2.05) is 36.6 Å². The van der Waals surface area contributed by atoms with Crippen LogP contribution in [-0.2, 0) is 16.0 Å². The highest BCUT2D eigenvalue weighted by atomic mass is 32.1. The van der Waals surface area contributed by atoms with Gasteiger partial charge < -0.3 is 10.6 Å². The van der Waals surface area contributed by atoms with Gasteiger partial charge in [0.05, 0.1) is 11.4 Å². The number of pyridine rings is 1. The fourth-order valence-electron chi connectivity index (χ4n) is 4.51. The SMILES string of the molecule is CCc1ccccc1N(C(=O)CNC(=O)c1cccs1)C(C(=O)NC1CCCC1)c1ccncc1. The Morgan fingerprint density at radius 1 is 1.06 bits per heavy atom. The zero-order chi connectivity index (χ0) is 24.6. The van der Waals surface area contributed by atoms with Crippen molar-refractivity contribution in [3.63, 3.8) is 0 Å². The van der Waals surface area contributed by atoms with Crippen molar-refractivity contribution in [3.8, 4) is 0 Å². The minimum Gasteiger partial charge on any atom is -0.351 e. The third-order valence-electron chi connectivity index (χ3n) is 6.28. The molecule has 1 aliphatic rings. The number of para-hydroxylation sites is 1. The molecule has 1 aliphatic carbocycles. The van der Waals surface area contributed by atoms with E-state index in [4.69, 9.17) is 0 Å². The van der Waals surface area contributed by atoms with Crippen molar-refractivity contribution in [2.45, 2.75) is 51.1 Å². The van der Waals surface area contributed by atoms with Crippen molar-refractivity contribution in [1.29, 1.82) is 0 Å². The van der Waals surface area contributed by atoms with Gasteiger partial charge in [0.25, 0.3) is 5.91 Å². The molecule has 1 saturated carbocycles. The highest BCUT2D eigenvalue weighted by molar-refractivity contribution is 7.12. The van der Waals surface area contributed by atoms with Gasteiger partial charge >= 0.3 is 0 Å². The average Bonchev–Trinajstić information content (AvgIpc) is 3.61. The van der Waals surface area contributed by atoms with Crippen molar-refractivity contribution in [2.75, 3.05) is 11.4 Å². The summed E-state index contributed by atoms with van der Waals surface area (Å²) < 4.78 is 0. The Morgan fingerprint density at radius 2 is 1.80 bits per heavy atom. The minimum absolute atomic E-state index is 0.101. The number of aryl methyl sites for hydroxylation is 1. The highest BCUT2D eigenvalue weighted by Crippen LogP contribution is 2.31. The molecule has 1 unspecified atom stereocenters. The van der Waals surface area contributed by atoms with Gasteiger partial charge in [-0.05, 0) is 60.0 Å². The molecule has 7 nitrogen and oxygen atoms in total. The zero-order valence-corrected chi connectivity index (χ0v) is 20.6. The van der Waals surface area contributed by atoms with Crippen LogP contribution in [0.5, 0.6) is 0 Å². The monoisotopic (exact) mass is 490 g/mol. The fraction of sp³-hybridized carbons (Fsp3) is 0.333. The maximum Gasteiger partial charge on any atom is 0.261 e. The number of hydrogen-bond donors (Lipinski definition) is 2. The average molecular weight is 491 g/mol. The summed E-state index contributed by atoms with van der Waals surface area (Å²) in [4.78, 5) is 46.2. The van der Waals surface area contributed by atoms with Crippen LogP contribution in [0.1, 0.15) is 59.4 Å². The predicted molar refractivity (Wildman–Crippen MR) is 137 cm³/mol. The van der Waals surface area contributed by atoms with Crippen LogP contribution in [-0.4, -0.2) is 35.3 Å². The van der Waals surface area contributed by atoms with E-state index >= 15 is 0 Å². The number of anilines is 1. The molecule has 0 aliphatic heterocycles. The third kappa shape index (κ3) is 5.95. The summed E-state index contributed by atoms with van der Waals surface area (Å²) in [5, 5.41) is 7.71. The molecule has 0 bridgehead atoms. The second-order valence-electron chi connectivity index (χ2n) is 8.58. The summed E-state index contributed by atoms with van der Waals surface area (Å²) in [6.45, 7) is 1.78. The standard InChI is InChI=1S/C27H30N4O3S/c1-2-19-8-3-6-11-22(19)31(24(32)18-29-26(33)23-12-7-17-35-23)25(20-13-15-28-16-14-20)27(34)30-21-9-4-5-10-21/h3,6-8,11-17,21,25H,2,4-5,9-10,18H2,1H3,(H,29,33)(H,30,34). The van der Waals surface area contributed by atoms with Crippen LogP contribution >= 0.6 is 11.3 Å². The lowest BCUT2D eigenvalue weighted by atomic mass is 10.0. The molecular weight excluding hydrogens is 460 g/mol. The molecule has 3 aromatic rings. The van der Waals surface area contributed by atoms with Gasteiger partial charge in [0.1, 0.15) is 6.04 Å². The molecule has 182 valence electrons. The topological polar surface area (TPSA) is 91.4 Å². The molecule has 35 heavy (non-hydrogen) atoms. The normalized spacial score (nSPS) is 14.3. The van der Waals surface area contributed by atoms with Gasteiger partial charge in [-0.15, -0.1) is 11.3 Å². The Morgan fingerprint density at radius 3 is 2.49 bits per heavy atom. The first-order chi connectivity index (χ1) is 17.1. The van der Waals surface area contributed by atoms with E-state index in [-0.39, 0.29) is 30.3 Å². The van der Waals surface area contributed by atoms with E-state index in [9.17, 15) is 14.4 Å². The summed E-state index contributed by atoms with van der Waals surface area (Å²) in [6.07, 6.45) is 7.98. The molecule has 0 saturated heterocycles. The lowest BCUT2D eigenvalue weighted by Crippen LogP contribution is -2.49. The van der Waals surface area contributed by atoms with E-state index in [0.29, 0.717) is 22.5 Å². The molecule has 1 aromatic carbocycles. The van der Waals surface area contributed by atoms with Gasteiger partial charge in [0, 0.05) is 24.1 Å². The van der Waals surface area contributed by atoms with Crippen molar-refractivity contribution in [3.05, 3.63) is 82.3 Å². The van der Waals surface area contributed by atoms with Crippen LogP contribution in [0.3, 0.4) is 0 Å². The Kier molecular flexibility index (Phi) is 8.26. The number of benzene rings is 1. The first-order valence-corrected chi connectivity index (χ1v) is 12.9. The maximum absolute atomic E-state index is 13.8. The van der Waals surface area contributed by atoms with Crippen molar-refractivity contribution in [1.82, 2.24) is 15.6 Å². The molecule has 2 heterocycles. The number of rotatable bonds is 9. The molecule has 0 spiro atoms. The van der Waals surface area contributed by atoms with Crippen LogP contribution in [0.4, 0.5) is 5.69 Å². The second-order valence-corrected chi connectivity index (χ2v) is 9.53. The number of amides is 3. The van der Waals surface area contributed by atoms with Gasteiger partial charge in [0.2, 0.25) is 11.8 Å². The smallest absolute Gasteiger partial charge is 0.261 e. The summed E-state index contributed by atoms with van der Waals surface area (Å²) >= 11 is 1.31. The number of thiophene rings is 1. The minimum atomic E-state index is -0.891. The van der Waals surface area contributed by atoms with Gasteiger partial charge in [-0.25, -0.2) is 0 Å². The molecule has 1 atom stereocenters. The van der Waals surface area contributed by atoms with Crippen molar-refractivity contribution >= 4 is 34.7 Å². The maximum atomic E-state index is 13.8. The molecule has 2 aromatic heterocycles. The zero-order valence-electron chi connectivity index (χ0n) is 19.8. The first-order valence-electron chi connectivity index (χ1n) is 12.0. The van der Waals surface area contributed by atoms with Gasteiger partial charge in [-0.1, -0.05) is 44.0 Å². The highest BCUT2D eigenvalue weighted by Gasteiger charge is 2.35. The van der Waals surface area contributed by atoms with Gasteiger partial charge in [-0.3, -0.25) is 24.3 Å². The number of carbonyl (C=O) groups excluding carboxylic acids is 3. The number of aromatic nitrogens is 1. The fourth-order valence-corrected chi connectivity index (χ4v) is 5.15. The summed E-state index contributed by atoms with van der Waals surface area (Å²) in [6, 6.07) is 13.8. The van der Waals surface area contributed by atoms with E-state index < -0.39 is 6.04 Å². The molecule has 8 heteroatoms. The van der Waals surface area contributed by atoms with E-state index in [2.05, 4.69) is 15.6 Å². The molecular formula is C27H30N4O3S. The Bertz CT molecular complexity index is 1140. The van der Waals surface area contributed by atoms with Gasteiger partial charge in [0.15, 0.2) is 0 Å². The van der Waals surface area contributed by atoms with Crippen LogP contribution in [0.2, 0.25) is 0 Å². The molecule has 3 amide bonds. The first kappa shape index (κ1) is 24.6. The molecule has 2 N–H and O–H groups in total. The largest absolute Gasteiger partial charge is 0.351 e. The van der Waals surface area contributed by atoms with Crippen LogP contribution in [0.25, 0.3) is 0 Å². The third-order valence-corrected chi connectivity index (χ3v) is 7.14. The predicted octanol–water partition coefficient (Wildman–Crippen LogP) is 4.27. The number of nitrogens with one attached hydrogen (secondary N) is 2. The number of hydrogen-bond acceptors (Lipinski definition) is 5. The van der Waals surface area contributed by atoms with Gasteiger partial charge in [-0.2, -0.15) is 0 Å². The molecule has 0 radical (unpaired) electrons.